The molecule has 1 atom stereocenters. The zero-order chi connectivity index (χ0) is 13.2. The second-order valence-corrected chi connectivity index (χ2v) is 6.58. The maximum atomic E-state index is 5.43. The number of hydrogen-bond acceptors (Lipinski definition) is 4. The molecule has 1 N–H and O–H groups in total. The minimum atomic E-state index is 0.432. The fraction of sp³-hybridized carbons (Fsp3) is 0.562. The van der Waals surface area contributed by atoms with Gasteiger partial charge in [0.25, 0.3) is 0 Å². The Labute approximate surface area is 118 Å². The molecule has 1 spiro atoms. The first kappa shape index (κ1) is 11.1. The van der Waals surface area contributed by atoms with Crippen molar-refractivity contribution in [3.05, 3.63) is 24.3 Å². The number of fused-ring (bicyclic) bond motifs is 3. The van der Waals surface area contributed by atoms with E-state index < -0.39 is 0 Å². The van der Waals surface area contributed by atoms with E-state index in [1.807, 2.05) is 18.2 Å². The molecule has 3 aliphatic heterocycles. The van der Waals surface area contributed by atoms with Crippen molar-refractivity contribution in [3.8, 4) is 0 Å². The van der Waals surface area contributed by atoms with Crippen LogP contribution in [0.2, 0.25) is 0 Å². The van der Waals surface area contributed by atoms with Gasteiger partial charge in [0, 0.05) is 11.6 Å². The van der Waals surface area contributed by atoms with E-state index in [-0.39, 0.29) is 0 Å². The van der Waals surface area contributed by atoms with Crippen LogP contribution in [0.25, 0.3) is 11.0 Å². The van der Waals surface area contributed by atoms with Crippen molar-refractivity contribution in [2.75, 3.05) is 18.4 Å². The van der Waals surface area contributed by atoms with Crippen LogP contribution in [0.3, 0.4) is 0 Å². The van der Waals surface area contributed by atoms with E-state index in [1.165, 1.54) is 38.8 Å². The summed E-state index contributed by atoms with van der Waals surface area (Å²) in [5.74, 6) is 1.74. The summed E-state index contributed by atoms with van der Waals surface area (Å²) in [5.41, 5.74) is 1.31. The Morgan fingerprint density at radius 1 is 1.20 bits per heavy atom. The van der Waals surface area contributed by atoms with E-state index in [2.05, 4.69) is 21.4 Å². The lowest BCUT2D eigenvalue weighted by molar-refractivity contribution is 0.0202. The van der Waals surface area contributed by atoms with Crippen LogP contribution in [0, 0.1) is 5.92 Å². The number of piperidine rings is 3. The molecule has 6 rings (SSSR count). The van der Waals surface area contributed by atoms with Gasteiger partial charge in [0.05, 0.1) is 5.39 Å². The topological polar surface area (TPSA) is 41.3 Å². The molecule has 0 unspecified atom stereocenters. The summed E-state index contributed by atoms with van der Waals surface area (Å²) in [7, 11) is 0. The molecule has 20 heavy (non-hydrogen) atoms. The average molecular weight is 269 g/mol. The molecule has 1 aromatic carbocycles. The number of nitrogens with zero attached hydrogens (tertiary/aromatic N) is 2. The molecule has 0 radical (unpaired) electrons. The van der Waals surface area contributed by atoms with Crippen molar-refractivity contribution in [1.82, 2.24) is 10.1 Å². The highest BCUT2D eigenvalue weighted by molar-refractivity contribution is 5.88. The van der Waals surface area contributed by atoms with E-state index in [0.29, 0.717) is 11.6 Å². The Bertz CT molecular complexity index is 653. The number of nitrogens with one attached hydrogen (secondary N) is 1. The van der Waals surface area contributed by atoms with E-state index >= 15 is 0 Å². The number of para-hydroxylation sites is 1. The largest absolute Gasteiger partial charge is 0.362 e. The molecule has 2 bridgehead atoms. The van der Waals surface area contributed by atoms with E-state index in [1.54, 1.807) is 0 Å². The summed E-state index contributed by atoms with van der Waals surface area (Å²) in [4.78, 5) is 2.72. The second-order valence-electron chi connectivity index (χ2n) is 6.58. The summed E-state index contributed by atoms with van der Waals surface area (Å²) in [6.07, 6.45) is 5.35. The highest BCUT2D eigenvalue weighted by Gasteiger charge is 2.60. The molecule has 1 aromatic heterocycles. The fourth-order valence-corrected chi connectivity index (χ4v) is 4.46. The van der Waals surface area contributed by atoms with Crippen molar-refractivity contribution in [2.45, 2.75) is 37.3 Å². The smallest absolute Gasteiger partial charge is 0.177 e. The van der Waals surface area contributed by atoms with Crippen molar-refractivity contribution >= 4 is 16.8 Å². The van der Waals surface area contributed by atoms with Gasteiger partial charge in [-0.15, -0.1) is 0 Å². The molecule has 104 valence electrons. The van der Waals surface area contributed by atoms with Gasteiger partial charge in [0.1, 0.15) is 0 Å². The highest BCUT2D eigenvalue weighted by atomic mass is 16.5. The first-order valence-electron chi connectivity index (χ1n) is 7.73. The van der Waals surface area contributed by atoms with Crippen LogP contribution in [0.4, 0.5) is 5.82 Å². The van der Waals surface area contributed by atoms with Gasteiger partial charge in [0.2, 0.25) is 0 Å². The van der Waals surface area contributed by atoms with Crippen LogP contribution < -0.4 is 5.32 Å². The summed E-state index contributed by atoms with van der Waals surface area (Å²) in [5, 5.41) is 9.11. The molecule has 1 saturated carbocycles. The average Bonchev–Trinajstić information content (AvgIpc) is 3.18. The molecule has 4 heteroatoms. The Morgan fingerprint density at radius 2 is 2.00 bits per heavy atom. The Kier molecular flexibility index (Phi) is 2.09. The third-order valence-electron chi connectivity index (χ3n) is 5.65. The van der Waals surface area contributed by atoms with Crippen LogP contribution in [0.1, 0.15) is 25.7 Å². The molecule has 4 aliphatic rings. The van der Waals surface area contributed by atoms with Gasteiger partial charge in [0.15, 0.2) is 11.4 Å². The van der Waals surface area contributed by atoms with E-state index in [9.17, 15) is 0 Å². The van der Waals surface area contributed by atoms with Crippen LogP contribution in [-0.4, -0.2) is 34.7 Å². The predicted octanol–water partition coefficient (Wildman–Crippen LogP) is 2.87. The molecule has 0 amide bonds. The number of benzene rings is 1. The minimum Gasteiger partial charge on any atom is -0.362 e. The molecular weight excluding hydrogens is 250 g/mol. The van der Waals surface area contributed by atoms with Crippen LogP contribution in [0.5, 0.6) is 0 Å². The van der Waals surface area contributed by atoms with Gasteiger partial charge in [-0.3, -0.25) is 4.90 Å². The summed E-state index contributed by atoms with van der Waals surface area (Å²) in [6, 6.07) is 8.67. The van der Waals surface area contributed by atoms with Crippen molar-refractivity contribution in [1.29, 1.82) is 0 Å². The van der Waals surface area contributed by atoms with Crippen LogP contribution in [0.15, 0.2) is 28.8 Å². The Morgan fingerprint density at radius 3 is 2.80 bits per heavy atom. The standard InChI is InChI=1S/C16H19N3O/c1-2-4-13-12(3-1)15(18-20-13)17-14-11-5-9-19(10-6-11)16(14)7-8-16/h1-4,11,14H,5-10H2,(H,17,18)/t14-/m0/s1. The third kappa shape index (κ3) is 1.37. The fourth-order valence-electron chi connectivity index (χ4n) is 4.46. The van der Waals surface area contributed by atoms with Gasteiger partial charge in [-0.1, -0.05) is 17.3 Å². The summed E-state index contributed by atoms with van der Waals surface area (Å²) >= 11 is 0. The van der Waals surface area contributed by atoms with Crippen molar-refractivity contribution < 1.29 is 4.52 Å². The Hall–Kier alpha value is -1.55. The number of rotatable bonds is 2. The zero-order valence-corrected chi connectivity index (χ0v) is 11.5. The monoisotopic (exact) mass is 269 g/mol. The summed E-state index contributed by atoms with van der Waals surface area (Å²) in [6.45, 7) is 2.59. The quantitative estimate of drug-likeness (QED) is 0.910. The normalized spacial score (nSPS) is 33.7. The molecule has 2 aromatic rings. The van der Waals surface area contributed by atoms with Crippen LogP contribution in [-0.2, 0) is 0 Å². The lowest BCUT2D eigenvalue weighted by Gasteiger charge is -2.52. The van der Waals surface area contributed by atoms with Crippen LogP contribution >= 0.6 is 0 Å². The van der Waals surface area contributed by atoms with Gasteiger partial charge < -0.3 is 9.84 Å². The third-order valence-corrected chi connectivity index (χ3v) is 5.65. The van der Waals surface area contributed by atoms with Gasteiger partial charge in [-0.2, -0.15) is 0 Å². The number of anilines is 1. The molecule has 1 aliphatic carbocycles. The molecule has 4 nitrogen and oxygen atoms in total. The second kappa shape index (κ2) is 3.76. The number of hydrogen-bond donors (Lipinski definition) is 1. The van der Waals surface area contributed by atoms with Crippen molar-refractivity contribution in [2.24, 2.45) is 5.92 Å². The summed E-state index contributed by atoms with van der Waals surface area (Å²) < 4.78 is 5.43. The molecule has 4 fully saturated rings. The molecule has 3 saturated heterocycles. The maximum absolute atomic E-state index is 5.43. The van der Waals surface area contributed by atoms with E-state index in [4.69, 9.17) is 4.52 Å². The lowest BCUT2D eigenvalue weighted by Crippen LogP contribution is -2.62. The zero-order valence-electron chi connectivity index (χ0n) is 11.5. The van der Waals surface area contributed by atoms with Gasteiger partial charge in [-0.25, -0.2) is 0 Å². The first-order valence-corrected chi connectivity index (χ1v) is 7.73. The maximum Gasteiger partial charge on any atom is 0.177 e. The SMILES string of the molecule is c1ccc2c(N[C@H]3C4CCN(CC4)C34CC4)noc2c1. The number of aromatic nitrogens is 1. The first-order chi connectivity index (χ1) is 9.87. The lowest BCUT2D eigenvalue weighted by atomic mass is 9.77. The van der Waals surface area contributed by atoms with Crippen molar-refractivity contribution in [3.63, 3.8) is 0 Å². The van der Waals surface area contributed by atoms with Gasteiger partial charge >= 0.3 is 0 Å². The van der Waals surface area contributed by atoms with E-state index in [0.717, 1.165) is 22.7 Å². The highest BCUT2D eigenvalue weighted by Crippen LogP contribution is 2.54. The molecular formula is C16H19N3O. The molecule has 4 heterocycles. The Balaban J connectivity index is 1.52. The predicted molar refractivity (Wildman–Crippen MR) is 77.7 cm³/mol. The van der Waals surface area contributed by atoms with Gasteiger partial charge in [-0.05, 0) is 56.8 Å². The minimum absolute atomic E-state index is 0.432.